The van der Waals surface area contributed by atoms with Gasteiger partial charge in [-0.1, -0.05) is 23.7 Å². The molecule has 0 saturated heterocycles. The van der Waals surface area contributed by atoms with Crippen LogP contribution in [0.1, 0.15) is 15.9 Å². The number of anilines is 4. The number of nitrogen functional groups attached to an aromatic ring is 1. The Balaban J connectivity index is 1.79. The van der Waals surface area contributed by atoms with E-state index in [9.17, 15) is 18.0 Å². The summed E-state index contributed by atoms with van der Waals surface area (Å²) in [5, 5.41) is 2.69. The molecular formula is C18H13BrClF3N6O. The van der Waals surface area contributed by atoms with Crippen LogP contribution in [0, 0.1) is 0 Å². The lowest BCUT2D eigenvalue weighted by Gasteiger charge is -2.15. The Kier molecular flexibility index (Phi) is 6.32. The topological polar surface area (TPSA) is 105 Å². The molecule has 2 aromatic carbocycles. The molecule has 0 radical (unpaired) electrons. The fraction of sp³-hybridized carbons (Fsp3) is 0.0556. The second kappa shape index (κ2) is 8.76. The van der Waals surface area contributed by atoms with Crippen molar-refractivity contribution in [3.63, 3.8) is 0 Å². The van der Waals surface area contributed by atoms with Crippen LogP contribution in [0.3, 0.4) is 0 Å². The highest BCUT2D eigenvalue weighted by molar-refractivity contribution is 9.10. The second-order valence-electron chi connectivity index (χ2n) is 5.86. The number of nitrogens with zero attached hydrogens (tertiary/aromatic N) is 2. The lowest BCUT2D eigenvalue weighted by atomic mass is 10.2. The van der Waals surface area contributed by atoms with Crippen molar-refractivity contribution in [2.45, 2.75) is 6.18 Å². The summed E-state index contributed by atoms with van der Waals surface area (Å²) in [6, 6.07) is 9.57. The van der Waals surface area contributed by atoms with Crippen LogP contribution in [0.4, 0.5) is 36.2 Å². The average molecular weight is 502 g/mol. The molecule has 0 spiro atoms. The molecule has 156 valence electrons. The number of halogens is 5. The molecule has 7 nitrogen and oxygen atoms in total. The van der Waals surface area contributed by atoms with Crippen molar-refractivity contribution >= 4 is 56.4 Å². The predicted octanol–water partition coefficient (Wildman–Crippen LogP) is 4.99. The van der Waals surface area contributed by atoms with Crippen LogP contribution in [-0.4, -0.2) is 15.9 Å². The normalized spacial score (nSPS) is 11.1. The fourth-order valence-corrected chi connectivity index (χ4v) is 2.98. The van der Waals surface area contributed by atoms with E-state index in [2.05, 4.69) is 42.1 Å². The van der Waals surface area contributed by atoms with Crippen molar-refractivity contribution in [3.05, 3.63) is 69.4 Å². The third-order valence-electron chi connectivity index (χ3n) is 3.84. The predicted molar refractivity (Wildman–Crippen MR) is 111 cm³/mol. The van der Waals surface area contributed by atoms with Gasteiger partial charge in [-0.05, 0) is 46.3 Å². The van der Waals surface area contributed by atoms with Crippen molar-refractivity contribution in [3.8, 4) is 0 Å². The maximum absolute atomic E-state index is 13.0. The van der Waals surface area contributed by atoms with Crippen molar-refractivity contribution in [2.24, 2.45) is 0 Å². The van der Waals surface area contributed by atoms with E-state index < -0.39 is 17.6 Å². The van der Waals surface area contributed by atoms with Gasteiger partial charge in [0, 0.05) is 4.47 Å². The van der Waals surface area contributed by atoms with Gasteiger partial charge < -0.3 is 11.1 Å². The maximum atomic E-state index is 13.0. The van der Waals surface area contributed by atoms with E-state index in [4.69, 9.17) is 17.3 Å². The Labute approximate surface area is 182 Å². The number of aromatic nitrogens is 2. The number of alkyl halides is 3. The first-order valence-electron chi connectivity index (χ1n) is 8.22. The highest BCUT2D eigenvalue weighted by Crippen LogP contribution is 2.36. The smallest absolute Gasteiger partial charge is 0.393 e. The Morgan fingerprint density at radius 3 is 2.50 bits per heavy atom. The molecule has 1 amide bonds. The Hall–Kier alpha value is -3.05. The van der Waals surface area contributed by atoms with Gasteiger partial charge in [-0.3, -0.25) is 15.6 Å². The molecule has 30 heavy (non-hydrogen) atoms. The highest BCUT2D eigenvalue weighted by Gasteiger charge is 2.31. The van der Waals surface area contributed by atoms with Crippen LogP contribution < -0.4 is 21.9 Å². The zero-order valence-electron chi connectivity index (χ0n) is 14.9. The average Bonchev–Trinajstić information content (AvgIpc) is 2.69. The van der Waals surface area contributed by atoms with Gasteiger partial charge in [0.25, 0.3) is 5.91 Å². The van der Waals surface area contributed by atoms with Crippen LogP contribution in [0.2, 0.25) is 5.02 Å². The summed E-state index contributed by atoms with van der Waals surface area (Å²) in [5.74, 6) is -0.421. The van der Waals surface area contributed by atoms with Crippen LogP contribution >= 0.6 is 27.5 Å². The first-order valence-corrected chi connectivity index (χ1v) is 9.39. The summed E-state index contributed by atoms with van der Waals surface area (Å²) < 4.78 is 39.4. The molecule has 0 aliphatic rings. The number of hydrogen-bond acceptors (Lipinski definition) is 6. The summed E-state index contributed by atoms with van der Waals surface area (Å²) in [5.41, 5.74) is 10.4. The van der Waals surface area contributed by atoms with Crippen LogP contribution in [0.25, 0.3) is 0 Å². The van der Waals surface area contributed by atoms with E-state index >= 15 is 0 Å². The van der Waals surface area contributed by atoms with E-state index in [-0.39, 0.29) is 28.0 Å². The standard InChI is InChI=1S/C18H13BrClF3N6O/c19-11-4-2-1-3-10(11)17(30)29-28-16-14(24)15(25-8-26-16)27-13-7-9(18(21,22)23)5-6-12(13)20/h1-8H,24H2,(H,29,30)(H2,25,26,27,28). The number of hydrazine groups is 1. The molecule has 0 aliphatic carbocycles. The number of amides is 1. The summed E-state index contributed by atoms with van der Waals surface area (Å²) in [6.07, 6.45) is -3.42. The van der Waals surface area contributed by atoms with Gasteiger partial charge in [-0.2, -0.15) is 13.2 Å². The summed E-state index contributed by atoms with van der Waals surface area (Å²) in [7, 11) is 0. The van der Waals surface area contributed by atoms with Crippen molar-refractivity contribution in [1.29, 1.82) is 0 Å². The number of hydrogen-bond donors (Lipinski definition) is 4. The molecule has 0 bridgehead atoms. The molecule has 0 aliphatic heterocycles. The first kappa shape index (κ1) is 21.7. The number of rotatable bonds is 5. The van der Waals surface area contributed by atoms with Gasteiger partial charge in [-0.15, -0.1) is 0 Å². The summed E-state index contributed by atoms with van der Waals surface area (Å²) in [4.78, 5) is 20.1. The van der Waals surface area contributed by atoms with Gasteiger partial charge in [0.1, 0.15) is 12.0 Å². The third kappa shape index (κ3) is 4.92. The van der Waals surface area contributed by atoms with E-state index in [1.807, 2.05) is 0 Å². The van der Waals surface area contributed by atoms with E-state index in [1.165, 1.54) is 0 Å². The number of carbonyl (C=O) groups excluding carboxylic acids is 1. The highest BCUT2D eigenvalue weighted by atomic mass is 79.9. The van der Waals surface area contributed by atoms with Gasteiger partial charge >= 0.3 is 6.18 Å². The largest absolute Gasteiger partial charge is 0.416 e. The fourth-order valence-electron chi connectivity index (χ4n) is 2.35. The summed E-state index contributed by atoms with van der Waals surface area (Å²) in [6.45, 7) is 0. The zero-order chi connectivity index (χ0) is 21.9. The van der Waals surface area contributed by atoms with E-state index in [1.54, 1.807) is 24.3 Å². The molecule has 3 aromatic rings. The lowest BCUT2D eigenvalue weighted by molar-refractivity contribution is -0.137. The molecule has 0 unspecified atom stereocenters. The van der Waals surface area contributed by atoms with Gasteiger partial charge in [-0.25, -0.2) is 9.97 Å². The minimum atomic E-state index is -4.54. The van der Waals surface area contributed by atoms with Crippen molar-refractivity contribution < 1.29 is 18.0 Å². The molecular weight excluding hydrogens is 489 g/mol. The molecule has 0 atom stereocenters. The minimum absolute atomic E-state index is 0.00358. The number of benzene rings is 2. The Morgan fingerprint density at radius 2 is 1.80 bits per heavy atom. The monoisotopic (exact) mass is 500 g/mol. The molecule has 0 saturated carbocycles. The first-order chi connectivity index (χ1) is 14.2. The zero-order valence-corrected chi connectivity index (χ0v) is 17.2. The molecule has 1 aromatic heterocycles. The third-order valence-corrected chi connectivity index (χ3v) is 4.86. The van der Waals surface area contributed by atoms with Crippen molar-refractivity contribution in [1.82, 2.24) is 15.4 Å². The molecule has 0 fully saturated rings. The van der Waals surface area contributed by atoms with E-state index in [0.717, 1.165) is 24.5 Å². The van der Waals surface area contributed by atoms with Crippen LogP contribution in [-0.2, 0) is 6.18 Å². The van der Waals surface area contributed by atoms with Gasteiger partial charge in [0.05, 0.1) is 21.8 Å². The number of nitrogens with one attached hydrogen (secondary N) is 3. The Morgan fingerprint density at radius 1 is 1.10 bits per heavy atom. The van der Waals surface area contributed by atoms with Crippen LogP contribution in [0.15, 0.2) is 53.3 Å². The maximum Gasteiger partial charge on any atom is 0.416 e. The van der Waals surface area contributed by atoms with Gasteiger partial charge in [0.15, 0.2) is 11.6 Å². The SMILES string of the molecule is Nc1c(NNC(=O)c2ccccc2Br)ncnc1Nc1cc(C(F)(F)F)ccc1Cl. The molecule has 12 heteroatoms. The van der Waals surface area contributed by atoms with E-state index in [0.29, 0.717) is 10.0 Å². The van der Waals surface area contributed by atoms with Crippen LogP contribution in [0.5, 0.6) is 0 Å². The molecule has 3 rings (SSSR count). The molecule has 5 N–H and O–H groups in total. The summed E-state index contributed by atoms with van der Waals surface area (Å²) >= 11 is 9.25. The number of nitrogens with two attached hydrogens (primary N) is 1. The van der Waals surface area contributed by atoms with Gasteiger partial charge in [0.2, 0.25) is 0 Å². The van der Waals surface area contributed by atoms with Crippen molar-refractivity contribution in [2.75, 3.05) is 16.5 Å². The lowest BCUT2D eigenvalue weighted by Crippen LogP contribution is -2.30. The second-order valence-corrected chi connectivity index (χ2v) is 7.12. The Bertz CT molecular complexity index is 1100. The molecule has 1 heterocycles. The quantitative estimate of drug-likeness (QED) is 0.367. The minimum Gasteiger partial charge on any atom is -0.393 e. The number of carbonyl (C=O) groups is 1.